The number of hydrogen-bond donors (Lipinski definition) is 0. The predicted molar refractivity (Wildman–Crippen MR) is 101 cm³/mol. The zero-order chi connectivity index (χ0) is 18.3. The molecule has 0 saturated carbocycles. The molecule has 3 aromatic rings. The highest BCUT2D eigenvalue weighted by Crippen LogP contribution is 2.37. The molecule has 26 heavy (non-hydrogen) atoms. The lowest BCUT2D eigenvalue weighted by atomic mass is 10.0. The van der Waals surface area contributed by atoms with Crippen LogP contribution >= 0.6 is 11.6 Å². The molecule has 0 fully saturated rings. The first-order valence-electron chi connectivity index (χ1n) is 8.31. The van der Waals surface area contributed by atoms with Crippen LogP contribution < -0.4 is 0 Å². The molecule has 0 atom stereocenters. The molecule has 0 bridgehead atoms. The highest BCUT2D eigenvalue weighted by Gasteiger charge is 2.28. The van der Waals surface area contributed by atoms with Crippen LogP contribution in [0.5, 0.6) is 0 Å². The standard InChI is InChI=1S/C20H16ClNO3S/c21-16-7-4-8-17(11-16)26(24,25)22-12-15(13-23)19-10-3-6-14-5-1-2-9-18(14)20(19)22/h1-2,4-5,7-9,11-13H,3,6,10H2. The van der Waals surface area contributed by atoms with Crippen molar-refractivity contribution in [3.8, 4) is 11.3 Å². The van der Waals surface area contributed by atoms with Crippen molar-refractivity contribution in [2.75, 3.05) is 0 Å². The molecule has 1 aliphatic rings. The Balaban J connectivity index is 2.04. The number of nitrogens with zero attached hydrogens (tertiary/aromatic N) is 1. The van der Waals surface area contributed by atoms with Gasteiger partial charge in [0.25, 0.3) is 10.0 Å². The molecule has 0 aliphatic heterocycles. The molecular formula is C20H16ClNO3S. The molecule has 4 nitrogen and oxygen atoms in total. The van der Waals surface area contributed by atoms with E-state index in [-0.39, 0.29) is 4.90 Å². The van der Waals surface area contributed by atoms with E-state index < -0.39 is 10.0 Å². The number of benzene rings is 2. The third-order valence-electron chi connectivity index (χ3n) is 4.74. The van der Waals surface area contributed by atoms with E-state index in [2.05, 4.69) is 0 Å². The van der Waals surface area contributed by atoms with E-state index in [0.29, 0.717) is 22.7 Å². The van der Waals surface area contributed by atoms with Crippen molar-refractivity contribution in [2.45, 2.75) is 24.2 Å². The van der Waals surface area contributed by atoms with Gasteiger partial charge in [-0.15, -0.1) is 0 Å². The number of aryl methyl sites for hydroxylation is 1. The number of rotatable bonds is 3. The summed E-state index contributed by atoms with van der Waals surface area (Å²) in [5.41, 5.74) is 3.74. The summed E-state index contributed by atoms with van der Waals surface area (Å²) in [5, 5.41) is 0.348. The van der Waals surface area contributed by atoms with Crippen molar-refractivity contribution in [2.24, 2.45) is 0 Å². The number of fused-ring (bicyclic) bond motifs is 3. The van der Waals surface area contributed by atoms with E-state index in [0.717, 1.165) is 35.8 Å². The van der Waals surface area contributed by atoms with Gasteiger partial charge in [0.2, 0.25) is 0 Å². The van der Waals surface area contributed by atoms with Crippen molar-refractivity contribution in [1.29, 1.82) is 0 Å². The van der Waals surface area contributed by atoms with Crippen LogP contribution in [0, 0.1) is 0 Å². The largest absolute Gasteiger partial charge is 0.298 e. The third-order valence-corrected chi connectivity index (χ3v) is 6.63. The van der Waals surface area contributed by atoms with Gasteiger partial charge in [-0.3, -0.25) is 4.79 Å². The van der Waals surface area contributed by atoms with Crippen LogP contribution in [0.25, 0.3) is 11.3 Å². The molecule has 132 valence electrons. The van der Waals surface area contributed by atoms with Crippen molar-refractivity contribution in [1.82, 2.24) is 3.97 Å². The quantitative estimate of drug-likeness (QED) is 0.630. The maximum absolute atomic E-state index is 13.3. The average Bonchev–Trinajstić information content (AvgIpc) is 2.91. The van der Waals surface area contributed by atoms with Gasteiger partial charge in [-0.2, -0.15) is 0 Å². The molecule has 6 heteroatoms. The van der Waals surface area contributed by atoms with E-state index in [1.165, 1.54) is 22.3 Å². The molecule has 4 rings (SSSR count). The van der Waals surface area contributed by atoms with E-state index >= 15 is 0 Å². The molecule has 0 amide bonds. The molecule has 1 aliphatic carbocycles. The molecule has 0 spiro atoms. The first-order valence-corrected chi connectivity index (χ1v) is 10.1. The first kappa shape index (κ1) is 17.1. The summed E-state index contributed by atoms with van der Waals surface area (Å²) >= 11 is 5.99. The van der Waals surface area contributed by atoms with Crippen LogP contribution in [0.2, 0.25) is 5.02 Å². The van der Waals surface area contributed by atoms with Gasteiger partial charge in [-0.25, -0.2) is 12.4 Å². The number of hydrogen-bond acceptors (Lipinski definition) is 3. The van der Waals surface area contributed by atoms with Gasteiger partial charge in [0.15, 0.2) is 6.29 Å². The van der Waals surface area contributed by atoms with Crippen molar-refractivity contribution < 1.29 is 13.2 Å². The van der Waals surface area contributed by atoms with E-state index in [1.54, 1.807) is 12.1 Å². The maximum Gasteiger partial charge on any atom is 0.268 e. The van der Waals surface area contributed by atoms with Crippen LogP contribution in [0.3, 0.4) is 0 Å². The van der Waals surface area contributed by atoms with Crippen LogP contribution in [0.15, 0.2) is 59.6 Å². The van der Waals surface area contributed by atoms with Gasteiger partial charge >= 0.3 is 0 Å². The highest BCUT2D eigenvalue weighted by atomic mass is 35.5. The lowest BCUT2D eigenvalue weighted by molar-refractivity contribution is 0.112. The smallest absolute Gasteiger partial charge is 0.268 e. The molecule has 0 unspecified atom stereocenters. The van der Waals surface area contributed by atoms with E-state index in [9.17, 15) is 13.2 Å². The highest BCUT2D eigenvalue weighted by molar-refractivity contribution is 7.90. The summed E-state index contributed by atoms with van der Waals surface area (Å²) in [6.45, 7) is 0. The van der Waals surface area contributed by atoms with Gasteiger partial charge in [0.05, 0.1) is 10.6 Å². The minimum Gasteiger partial charge on any atom is -0.298 e. The Labute approximate surface area is 157 Å². The molecule has 2 aromatic carbocycles. The average molecular weight is 386 g/mol. The molecule has 0 N–H and O–H groups in total. The Bertz CT molecular complexity index is 1120. The number of carbonyl (C=O) groups is 1. The Morgan fingerprint density at radius 3 is 2.62 bits per heavy atom. The SMILES string of the molecule is O=Cc1cn(S(=O)(=O)c2cccc(Cl)c2)c2c1CCCc1ccccc1-2. The van der Waals surface area contributed by atoms with Gasteiger partial charge in [-0.05, 0) is 48.6 Å². The van der Waals surface area contributed by atoms with E-state index in [1.807, 2.05) is 24.3 Å². The molecular weight excluding hydrogens is 370 g/mol. The Morgan fingerprint density at radius 1 is 1.04 bits per heavy atom. The van der Waals surface area contributed by atoms with Crippen LogP contribution in [0.4, 0.5) is 0 Å². The lowest BCUT2D eigenvalue weighted by Crippen LogP contribution is -2.14. The molecule has 0 saturated heterocycles. The van der Waals surface area contributed by atoms with Gasteiger partial charge < -0.3 is 0 Å². The van der Waals surface area contributed by atoms with Crippen molar-refractivity contribution >= 4 is 27.9 Å². The van der Waals surface area contributed by atoms with Crippen LogP contribution in [-0.4, -0.2) is 18.7 Å². The summed E-state index contributed by atoms with van der Waals surface area (Å²) in [4.78, 5) is 11.7. The van der Waals surface area contributed by atoms with E-state index in [4.69, 9.17) is 11.6 Å². The molecule has 1 aromatic heterocycles. The van der Waals surface area contributed by atoms with Crippen LogP contribution in [0.1, 0.15) is 27.9 Å². The third kappa shape index (κ3) is 2.68. The minimum atomic E-state index is -3.88. The number of aromatic nitrogens is 1. The fourth-order valence-electron chi connectivity index (χ4n) is 3.54. The van der Waals surface area contributed by atoms with Crippen molar-refractivity contribution in [3.63, 3.8) is 0 Å². The summed E-state index contributed by atoms with van der Waals surface area (Å²) < 4.78 is 27.8. The second kappa shape index (κ2) is 6.41. The fourth-order valence-corrected chi connectivity index (χ4v) is 5.25. The summed E-state index contributed by atoms with van der Waals surface area (Å²) in [6, 6.07) is 13.9. The second-order valence-corrected chi connectivity index (χ2v) is 8.55. The minimum absolute atomic E-state index is 0.0991. The number of halogens is 1. The number of carbonyl (C=O) groups excluding carboxylic acids is 1. The van der Waals surface area contributed by atoms with Gasteiger partial charge in [0.1, 0.15) is 0 Å². The topological polar surface area (TPSA) is 56.1 Å². The van der Waals surface area contributed by atoms with Gasteiger partial charge in [0, 0.05) is 22.3 Å². The number of aldehydes is 1. The predicted octanol–water partition coefficient (Wildman–Crippen LogP) is 4.35. The van der Waals surface area contributed by atoms with Crippen molar-refractivity contribution in [3.05, 3.63) is 76.4 Å². The summed E-state index contributed by atoms with van der Waals surface area (Å²) in [6.07, 6.45) is 4.54. The lowest BCUT2D eigenvalue weighted by Gasteiger charge is -2.13. The molecule has 1 heterocycles. The van der Waals surface area contributed by atoms with Crippen LogP contribution in [-0.2, 0) is 22.9 Å². The zero-order valence-electron chi connectivity index (χ0n) is 13.9. The zero-order valence-corrected chi connectivity index (χ0v) is 15.4. The Hall–Kier alpha value is -2.37. The molecule has 0 radical (unpaired) electrons. The maximum atomic E-state index is 13.3. The fraction of sp³-hybridized carbons (Fsp3) is 0.150. The summed E-state index contributed by atoms with van der Waals surface area (Å²) in [7, 11) is -3.88. The second-order valence-electron chi connectivity index (χ2n) is 6.30. The Kier molecular flexibility index (Phi) is 4.21. The summed E-state index contributed by atoms with van der Waals surface area (Å²) in [5.74, 6) is 0. The monoisotopic (exact) mass is 385 g/mol. The Morgan fingerprint density at radius 2 is 1.85 bits per heavy atom. The normalized spacial score (nSPS) is 13.6. The van der Waals surface area contributed by atoms with Gasteiger partial charge in [-0.1, -0.05) is 41.9 Å². The first-order chi connectivity index (χ1) is 12.5.